The van der Waals surface area contributed by atoms with Crippen molar-refractivity contribution in [3.05, 3.63) is 24.5 Å². The Morgan fingerprint density at radius 1 is 1.50 bits per heavy atom. The average Bonchev–Trinajstić information content (AvgIpc) is 1.96. The molecule has 1 N–H and O–H groups in total. The van der Waals surface area contributed by atoms with E-state index in [-0.39, 0.29) is 5.54 Å². The van der Waals surface area contributed by atoms with Crippen LogP contribution in [0, 0.1) is 0 Å². The number of rotatable bonds is 4. The van der Waals surface area contributed by atoms with Gasteiger partial charge in [0.15, 0.2) is 0 Å². The number of nitrogens with one attached hydrogen (secondary N) is 1. The van der Waals surface area contributed by atoms with Gasteiger partial charge in [0.25, 0.3) is 0 Å². The molecule has 0 unspecified atom stereocenters. The van der Waals surface area contributed by atoms with Crippen molar-refractivity contribution >= 4 is 0 Å². The quantitative estimate of drug-likeness (QED) is 0.514. The minimum absolute atomic E-state index is 0.124. The Morgan fingerprint density at radius 2 is 2.08 bits per heavy atom. The Labute approximate surface area is 75.3 Å². The lowest BCUT2D eigenvalue weighted by molar-refractivity contribution is 0.268. The minimum atomic E-state index is 0.124. The van der Waals surface area contributed by atoms with Crippen LogP contribution in [0.5, 0.6) is 0 Å². The van der Waals surface area contributed by atoms with E-state index in [1.807, 2.05) is 6.08 Å². The summed E-state index contributed by atoms with van der Waals surface area (Å²) >= 11 is 0. The molecule has 0 radical (unpaired) electrons. The topological polar surface area (TPSA) is 21.3 Å². The first-order valence-corrected chi connectivity index (χ1v) is 4.10. The van der Waals surface area contributed by atoms with Crippen LogP contribution in [0.3, 0.4) is 0 Å². The fraction of sp³-hybridized carbons (Fsp3) is 0.600. The summed E-state index contributed by atoms with van der Waals surface area (Å²) < 4.78 is 5.11. The molecule has 0 fully saturated rings. The van der Waals surface area contributed by atoms with Crippen LogP contribution in [-0.4, -0.2) is 19.2 Å². The Bertz CT molecular complexity index is 165. The van der Waals surface area contributed by atoms with Gasteiger partial charge in [0.05, 0.1) is 13.7 Å². The van der Waals surface area contributed by atoms with E-state index in [1.165, 1.54) is 0 Å². The molecule has 0 aliphatic carbocycles. The van der Waals surface area contributed by atoms with Gasteiger partial charge >= 0.3 is 0 Å². The van der Waals surface area contributed by atoms with Crippen LogP contribution >= 0.6 is 0 Å². The van der Waals surface area contributed by atoms with Crippen LogP contribution in [0.2, 0.25) is 0 Å². The summed E-state index contributed by atoms with van der Waals surface area (Å²) in [4.78, 5) is 0. The zero-order valence-corrected chi connectivity index (χ0v) is 8.48. The largest absolute Gasteiger partial charge is 0.500 e. The van der Waals surface area contributed by atoms with Crippen LogP contribution in [0.4, 0.5) is 0 Å². The second-order valence-corrected chi connectivity index (χ2v) is 3.68. The zero-order chi connectivity index (χ0) is 9.61. The maximum Gasteiger partial charge on any atom is 0.109 e. The molecular weight excluding hydrogens is 150 g/mol. The fourth-order valence-corrected chi connectivity index (χ4v) is 0.683. The summed E-state index contributed by atoms with van der Waals surface area (Å²) in [6.07, 6.45) is 3.59. The summed E-state index contributed by atoms with van der Waals surface area (Å²) in [5.41, 5.74) is 0.124. The third kappa shape index (κ3) is 5.98. The van der Waals surface area contributed by atoms with Crippen LogP contribution in [-0.2, 0) is 4.74 Å². The summed E-state index contributed by atoms with van der Waals surface area (Å²) in [7, 11) is 1.67. The number of hydrogen-bond donors (Lipinski definition) is 1. The minimum Gasteiger partial charge on any atom is -0.500 e. The molecule has 0 rings (SSSR count). The van der Waals surface area contributed by atoms with Gasteiger partial charge in [0, 0.05) is 5.54 Å². The molecule has 2 heteroatoms. The third-order valence-corrected chi connectivity index (χ3v) is 1.36. The van der Waals surface area contributed by atoms with Gasteiger partial charge in [-0.25, -0.2) is 0 Å². The second-order valence-electron chi connectivity index (χ2n) is 3.68. The van der Waals surface area contributed by atoms with Crippen LogP contribution in [0.25, 0.3) is 0 Å². The molecule has 0 aliphatic rings. The van der Waals surface area contributed by atoms with Gasteiger partial charge in [-0.3, -0.25) is 0 Å². The van der Waals surface area contributed by atoms with Gasteiger partial charge in [-0.15, -0.1) is 0 Å². The maximum absolute atomic E-state index is 5.11. The Morgan fingerprint density at radius 3 is 2.42 bits per heavy atom. The van der Waals surface area contributed by atoms with Crippen molar-refractivity contribution in [1.29, 1.82) is 0 Å². The molecule has 2 nitrogen and oxygen atoms in total. The molecule has 0 atom stereocenters. The van der Waals surface area contributed by atoms with Crippen molar-refractivity contribution in [3.63, 3.8) is 0 Å². The van der Waals surface area contributed by atoms with Gasteiger partial charge in [-0.05, 0) is 26.8 Å². The predicted octanol–water partition coefficient (Wildman–Crippen LogP) is 2.09. The molecule has 70 valence electrons. The van der Waals surface area contributed by atoms with Crippen molar-refractivity contribution in [2.24, 2.45) is 0 Å². The molecule has 0 aliphatic heterocycles. The van der Waals surface area contributed by atoms with Crippen molar-refractivity contribution in [2.45, 2.75) is 26.3 Å². The number of ether oxygens (including phenoxy) is 1. The number of methoxy groups -OCH3 is 1. The number of allylic oxidation sites excluding steroid dienone is 2. The Hall–Kier alpha value is -0.760. The summed E-state index contributed by atoms with van der Waals surface area (Å²) in [6.45, 7) is 10.7. The van der Waals surface area contributed by atoms with E-state index in [1.54, 1.807) is 13.2 Å². The number of hydrogen-bond acceptors (Lipinski definition) is 2. The van der Waals surface area contributed by atoms with E-state index < -0.39 is 0 Å². The highest BCUT2D eigenvalue weighted by molar-refractivity contribution is 5.06. The standard InChI is InChI=1S/C10H19NO/c1-6-7-9(12-5)8-11-10(2,3)4/h6-7,11H,1,8H2,2-5H3/b9-7-. The lowest BCUT2D eigenvalue weighted by Crippen LogP contribution is -2.37. The molecular formula is C10H19NO. The van der Waals surface area contributed by atoms with Crippen LogP contribution in [0.15, 0.2) is 24.5 Å². The monoisotopic (exact) mass is 169 g/mol. The third-order valence-electron chi connectivity index (χ3n) is 1.36. The maximum atomic E-state index is 5.11. The molecule has 12 heavy (non-hydrogen) atoms. The first-order chi connectivity index (χ1) is 5.49. The molecule has 0 heterocycles. The van der Waals surface area contributed by atoms with E-state index in [9.17, 15) is 0 Å². The molecule has 0 aromatic rings. The smallest absolute Gasteiger partial charge is 0.109 e. The molecule has 0 aromatic carbocycles. The van der Waals surface area contributed by atoms with E-state index >= 15 is 0 Å². The SMILES string of the molecule is C=C/C=C(/CNC(C)(C)C)OC. The predicted molar refractivity (Wildman–Crippen MR) is 53.0 cm³/mol. The van der Waals surface area contributed by atoms with Crippen LogP contribution < -0.4 is 5.32 Å². The lowest BCUT2D eigenvalue weighted by Gasteiger charge is -2.21. The Balaban J connectivity index is 3.89. The fourth-order valence-electron chi connectivity index (χ4n) is 0.683. The Kier molecular flexibility index (Phi) is 4.67. The van der Waals surface area contributed by atoms with Gasteiger partial charge in [-0.2, -0.15) is 0 Å². The van der Waals surface area contributed by atoms with Gasteiger partial charge in [-0.1, -0.05) is 12.7 Å². The van der Waals surface area contributed by atoms with Crippen LogP contribution in [0.1, 0.15) is 20.8 Å². The lowest BCUT2D eigenvalue weighted by atomic mass is 10.1. The zero-order valence-electron chi connectivity index (χ0n) is 8.48. The van der Waals surface area contributed by atoms with Crippen molar-refractivity contribution in [3.8, 4) is 0 Å². The average molecular weight is 169 g/mol. The first-order valence-electron chi connectivity index (χ1n) is 4.10. The highest BCUT2D eigenvalue weighted by atomic mass is 16.5. The molecule has 0 saturated carbocycles. The molecule has 0 amide bonds. The summed E-state index contributed by atoms with van der Waals surface area (Å²) in [5, 5.41) is 3.32. The molecule has 0 saturated heterocycles. The first kappa shape index (κ1) is 11.2. The van der Waals surface area contributed by atoms with Gasteiger partial charge < -0.3 is 10.1 Å². The molecule has 0 spiro atoms. The van der Waals surface area contributed by atoms with E-state index in [0.717, 1.165) is 12.3 Å². The van der Waals surface area contributed by atoms with Crippen molar-refractivity contribution in [2.75, 3.05) is 13.7 Å². The van der Waals surface area contributed by atoms with E-state index in [2.05, 4.69) is 32.7 Å². The van der Waals surface area contributed by atoms with Crippen molar-refractivity contribution in [1.82, 2.24) is 5.32 Å². The van der Waals surface area contributed by atoms with Gasteiger partial charge in [0.2, 0.25) is 0 Å². The molecule has 0 bridgehead atoms. The normalized spacial score (nSPS) is 12.8. The highest BCUT2D eigenvalue weighted by Gasteiger charge is 2.08. The summed E-state index contributed by atoms with van der Waals surface area (Å²) in [6, 6.07) is 0. The van der Waals surface area contributed by atoms with E-state index in [4.69, 9.17) is 4.74 Å². The van der Waals surface area contributed by atoms with Crippen molar-refractivity contribution < 1.29 is 4.74 Å². The summed E-state index contributed by atoms with van der Waals surface area (Å²) in [5.74, 6) is 0.903. The van der Waals surface area contributed by atoms with Gasteiger partial charge in [0.1, 0.15) is 5.76 Å². The second kappa shape index (κ2) is 4.99. The molecule has 0 aromatic heterocycles. The highest BCUT2D eigenvalue weighted by Crippen LogP contribution is 2.01. The van der Waals surface area contributed by atoms with E-state index in [0.29, 0.717) is 0 Å².